The minimum absolute atomic E-state index is 0.256. The molecule has 1 saturated heterocycles. The van der Waals surface area contributed by atoms with Gasteiger partial charge in [0.1, 0.15) is 5.60 Å². The van der Waals surface area contributed by atoms with Gasteiger partial charge in [0.25, 0.3) is 0 Å². The number of ether oxygens (including phenoxy) is 1. The first-order valence-electron chi connectivity index (χ1n) is 8.00. The van der Waals surface area contributed by atoms with Crippen LogP contribution in [0.2, 0.25) is 0 Å². The van der Waals surface area contributed by atoms with Crippen molar-refractivity contribution in [3.05, 3.63) is 16.6 Å². The summed E-state index contributed by atoms with van der Waals surface area (Å²) in [6.45, 7) is 8.87. The SMILES string of the molecule is CC(C)(C)OC(=O)NC1CCC2CN(Cc3cncs3)CC21. The topological polar surface area (TPSA) is 54.5 Å². The summed E-state index contributed by atoms with van der Waals surface area (Å²) in [4.78, 5) is 19.9. The molecule has 122 valence electrons. The Labute approximate surface area is 136 Å². The Hall–Kier alpha value is -1.14. The monoisotopic (exact) mass is 323 g/mol. The van der Waals surface area contributed by atoms with Gasteiger partial charge >= 0.3 is 6.09 Å². The molecule has 1 N–H and O–H groups in total. The highest BCUT2D eigenvalue weighted by atomic mass is 32.1. The van der Waals surface area contributed by atoms with Crippen molar-refractivity contribution in [2.24, 2.45) is 11.8 Å². The summed E-state index contributed by atoms with van der Waals surface area (Å²) in [7, 11) is 0. The number of hydrogen-bond donors (Lipinski definition) is 1. The van der Waals surface area contributed by atoms with Crippen LogP contribution in [-0.4, -0.2) is 40.7 Å². The van der Waals surface area contributed by atoms with Crippen LogP contribution >= 0.6 is 11.3 Å². The molecule has 1 aromatic heterocycles. The van der Waals surface area contributed by atoms with Gasteiger partial charge in [0.05, 0.1) is 5.51 Å². The van der Waals surface area contributed by atoms with Gasteiger partial charge in [0.2, 0.25) is 0 Å². The van der Waals surface area contributed by atoms with Crippen molar-refractivity contribution >= 4 is 17.4 Å². The number of carbonyl (C=O) groups is 1. The smallest absolute Gasteiger partial charge is 0.407 e. The van der Waals surface area contributed by atoms with Crippen LogP contribution in [0, 0.1) is 11.8 Å². The maximum atomic E-state index is 12.0. The second kappa shape index (κ2) is 6.16. The normalized spacial score (nSPS) is 28.6. The van der Waals surface area contributed by atoms with Crippen LogP contribution < -0.4 is 5.32 Å². The molecule has 2 heterocycles. The molecule has 0 radical (unpaired) electrons. The van der Waals surface area contributed by atoms with E-state index in [-0.39, 0.29) is 12.1 Å². The number of rotatable bonds is 3. The van der Waals surface area contributed by atoms with E-state index in [2.05, 4.69) is 15.2 Å². The lowest BCUT2D eigenvalue weighted by molar-refractivity contribution is 0.0491. The predicted octanol–water partition coefficient (Wildman–Crippen LogP) is 2.88. The van der Waals surface area contributed by atoms with Gasteiger partial charge in [-0.15, -0.1) is 11.3 Å². The summed E-state index contributed by atoms with van der Waals surface area (Å²) in [6.07, 6.45) is 3.95. The first-order valence-corrected chi connectivity index (χ1v) is 8.88. The number of hydrogen-bond acceptors (Lipinski definition) is 5. The fourth-order valence-corrected chi connectivity index (χ4v) is 4.30. The van der Waals surface area contributed by atoms with E-state index in [0.717, 1.165) is 26.1 Å². The molecule has 3 atom stereocenters. The minimum Gasteiger partial charge on any atom is -0.444 e. The molecule has 0 bridgehead atoms. The Kier molecular flexibility index (Phi) is 4.41. The molecule has 3 unspecified atom stereocenters. The number of carbonyl (C=O) groups excluding carboxylic acids is 1. The van der Waals surface area contributed by atoms with Gasteiger partial charge in [0, 0.05) is 36.8 Å². The van der Waals surface area contributed by atoms with Crippen LogP contribution in [0.5, 0.6) is 0 Å². The highest BCUT2D eigenvalue weighted by molar-refractivity contribution is 7.09. The van der Waals surface area contributed by atoms with Gasteiger partial charge < -0.3 is 10.1 Å². The van der Waals surface area contributed by atoms with Gasteiger partial charge in [-0.05, 0) is 45.4 Å². The van der Waals surface area contributed by atoms with Crippen molar-refractivity contribution in [3.63, 3.8) is 0 Å². The lowest BCUT2D eigenvalue weighted by Gasteiger charge is -2.24. The molecule has 2 fully saturated rings. The minimum atomic E-state index is -0.435. The Balaban J connectivity index is 1.53. The quantitative estimate of drug-likeness (QED) is 0.929. The fraction of sp³-hybridized carbons (Fsp3) is 0.750. The van der Waals surface area contributed by atoms with E-state index >= 15 is 0 Å². The first kappa shape index (κ1) is 15.7. The van der Waals surface area contributed by atoms with Gasteiger partial charge in [-0.3, -0.25) is 9.88 Å². The Bertz CT molecular complexity index is 512. The molecule has 0 spiro atoms. The highest BCUT2D eigenvalue weighted by Gasteiger charge is 2.43. The zero-order chi connectivity index (χ0) is 15.7. The largest absolute Gasteiger partial charge is 0.444 e. The maximum Gasteiger partial charge on any atom is 0.407 e. The summed E-state index contributed by atoms with van der Waals surface area (Å²) in [5.41, 5.74) is 1.45. The molecule has 22 heavy (non-hydrogen) atoms. The Morgan fingerprint density at radius 1 is 1.45 bits per heavy atom. The summed E-state index contributed by atoms with van der Waals surface area (Å²) < 4.78 is 5.39. The molecule has 1 aliphatic heterocycles. The van der Waals surface area contributed by atoms with Crippen LogP contribution in [-0.2, 0) is 11.3 Å². The second-order valence-electron chi connectivity index (χ2n) is 7.42. The van der Waals surface area contributed by atoms with Crippen molar-refractivity contribution in [1.29, 1.82) is 0 Å². The van der Waals surface area contributed by atoms with Crippen LogP contribution in [0.4, 0.5) is 4.79 Å². The average Bonchev–Trinajstić information content (AvgIpc) is 3.07. The van der Waals surface area contributed by atoms with E-state index in [1.165, 1.54) is 11.3 Å². The number of nitrogens with one attached hydrogen (secondary N) is 1. The summed E-state index contributed by atoms with van der Waals surface area (Å²) >= 11 is 1.71. The van der Waals surface area contributed by atoms with Crippen LogP contribution in [0.25, 0.3) is 0 Å². The summed E-state index contributed by atoms with van der Waals surface area (Å²) in [5, 5.41) is 3.09. The molecule has 1 aliphatic carbocycles. The van der Waals surface area contributed by atoms with Crippen molar-refractivity contribution in [3.8, 4) is 0 Å². The third-order valence-corrected chi connectivity index (χ3v) is 5.26. The third kappa shape index (κ3) is 3.79. The molecule has 3 rings (SSSR count). The number of aromatic nitrogens is 1. The molecule has 1 amide bonds. The van der Waals surface area contributed by atoms with Crippen LogP contribution in [0.3, 0.4) is 0 Å². The molecule has 1 saturated carbocycles. The third-order valence-electron chi connectivity index (χ3n) is 4.50. The van der Waals surface area contributed by atoms with Gasteiger partial charge in [-0.2, -0.15) is 0 Å². The molecule has 0 aromatic carbocycles. The molecule has 5 nitrogen and oxygen atoms in total. The standard InChI is InChI=1S/C16H25N3O2S/c1-16(2,3)21-15(20)18-14-5-4-11-7-19(9-13(11)14)8-12-6-17-10-22-12/h6,10-11,13-14H,4-5,7-9H2,1-3H3,(H,18,20). The van der Waals surface area contributed by atoms with Gasteiger partial charge in [-0.25, -0.2) is 4.79 Å². The van der Waals surface area contributed by atoms with E-state index in [4.69, 9.17) is 4.74 Å². The number of alkyl carbamates (subject to hydrolysis) is 1. The highest BCUT2D eigenvalue weighted by Crippen LogP contribution is 2.38. The van der Waals surface area contributed by atoms with Crippen molar-refractivity contribution < 1.29 is 9.53 Å². The Morgan fingerprint density at radius 2 is 2.27 bits per heavy atom. The van der Waals surface area contributed by atoms with E-state index in [9.17, 15) is 4.79 Å². The van der Waals surface area contributed by atoms with Crippen molar-refractivity contribution in [1.82, 2.24) is 15.2 Å². The Morgan fingerprint density at radius 3 is 2.95 bits per heavy atom. The molecule has 6 heteroatoms. The summed E-state index contributed by atoms with van der Waals surface area (Å²) in [5.74, 6) is 1.26. The van der Waals surface area contributed by atoms with E-state index in [1.54, 1.807) is 11.3 Å². The number of thiazole rings is 1. The van der Waals surface area contributed by atoms with E-state index in [0.29, 0.717) is 11.8 Å². The van der Waals surface area contributed by atoms with Crippen LogP contribution in [0.1, 0.15) is 38.5 Å². The lowest BCUT2D eigenvalue weighted by atomic mass is 9.98. The van der Waals surface area contributed by atoms with Gasteiger partial charge in [-0.1, -0.05) is 0 Å². The second-order valence-corrected chi connectivity index (χ2v) is 8.39. The van der Waals surface area contributed by atoms with E-state index < -0.39 is 5.60 Å². The molecular weight excluding hydrogens is 298 g/mol. The summed E-state index contributed by atoms with van der Waals surface area (Å²) in [6, 6.07) is 0.256. The average molecular weight is 323 g/mol. The zero-order valence-electron chi connectivity index (χ0n) is 13.5. The van der Waals surface area contributed by atoms with E-state index in [1.807, 2.05) is 32.5 Å². The first-order chi connectivity index (χ1) is 10.4. The van der Waals surface area contributed by atoms with Crippen molar-refractivity contribution in [2.45, 2.75) is 51.8 Å². The molecule has 1 aromatic rings. The maximum absolute atomic E-state index is 12.0. The fourth-order valence-electron chi connectivity index (χ4n) is 3.67. The zero-order valence-corrected chi connectivity index (χ0v) is 14.4. The van der Waals surface area contributed by atoms with Gasteiger partial charge in [0.15, 0.2) is 0 Å². The van der Waals surface area contributed by atoms with Crippen LogP contribution in [0.15, 0.2) is 11.7 Å². The molecule has 2 aliphatic rings. The lowest BCUT2D eigenvalue weighted by Crippen LogP contribution is -2.42. The number of amides is 1. The number of nitrogens with zero attached hydrogens (tertiary/aromatic N) is 2. The number of likely N-dealkylation sites (tertiary alicyclic amines) is 1. The number of fused-ring (bicyclic) bond motifs is 1. The predicted molar refractivity (Wildman–Crippen MR) is 86.8 cm³/mol. The van der Waals surface area contributed by atoms with Crippen molar-refractivity contribution in [2.75, 3.05) is 13.1 Å². The molecular formula is C16H25N3O2S.